The van der Waals surface area contributed by atoms with Crippen LogP contribution in [0.1, 0.15) is 12.6 Å². The van der Waals surface area contributed by atoms with Gasteiger partial charge in [0.1, 0.15) is 0 Å². The highest BCUT2D eigenvalue weighted by atomic mass is 16.2. The third-order valence-corrected chi connectivity index (χ3v) is 3.75. The van der Waals surface area contributed by atoms with Crippen LogP contribution in [0.3, 0.4) is 0 Å². The Morgan fingerprint density at radius 3 is 2.94 bits per heavy atom. The number of carbonyl (C=O) groups excluding carboxylic acids is 1. The largest absolute Gasteiger partial charge is 0.349 e. The second-order valence-electron chi connectivity index (χ2n) is 5.12. The number of fused-ring (bicyclic) bond motifs is 1. The SMILES string of the molecule is CC(=O)N1CC(Cc2nccc3ccn(C)c23)C1. The highest BCUT2D eigenvalue weighted by Gasteiger charge is 2.29. The van der Waals surface area contributed by atoms with Crippen molar-refractivity contribution in [2.45, 2.75) is 13.3 Å². The number of hydrogen-bond acceptors (Lipinski definition) is 2. The Balaban J connectivity index is 1.80. The summed E-state index contributed by atoms with van der Waals surface area (Å²) in [6, 6.07) is 4.16. The summed E-state index contributed by atoms with van der Waals surface area (Å²) in [5.74, 6) is 0.734. The molecule has 0 aliphatic carbocycles. The molecule has 2 aromatic heterocycles. The van der Waals surface area contributed by atoms with Gasteiger partial charge in [0.05, 0.1) is 11.2 Å². The van der Waals surface area contributed by atoms with E-state index in [0.29, 0.717) is 5.92 Å². The molecule has 94 valence electrons. The molecule has 1 fully saturated rings. The summed E-state index contributed by atoms with van der Waals surface area (Å²) in [5.41, 5.74) is 2.37. The highest BCUT2D eigenvalue weighted by Crippen LogP contribution is 2.24. The van der Waals surface area contributed by atoms with Gasteiger partial charge in [-0.15, -0.1) is 0 Å². The second-order valence-corrected chi connectivity index (χ2v) is 5.12. The van der Waals surface area contributed by atoms with E-state index in [1.807, 2.05) is 17.2 Å². The van der Waals surface area contributed by atoms with E-state index >= 15 is 0 Å². The maximum absolute atomic E-state index is 11.2. The summed E-state index contributed by atoms with van der Waals surface area (Å²) in [4.78, 5) is 17.5. The molecule has 0 spiro atoms. The predicted molar refractivity (Wildman–Crippen MR) is 70.2 cm³/mol. The fourth-order valence-corrected chi connectivity index (χ4v) is 2.70. The molecule has 0 radical (unpaired) electrons. The summed E-state index contributed by atoms with van der Waals surface area (Å²) in [6.45, 7) is 3.38. The molecule has 18 heavy (non-hydrogen) atoms. The predicted octanol–water partition coefficient (Wildman–Crippen LogP) is 1.59. The minimum Gasteiger partial charge on any atom is -0.349 e. The molecule has 0 bridgehead atoms. The zero-order valence-electron chi connectivity index (χ0n) is 10.8. The first kappa shape index (κ1) is 11.3. The van der Waals surface area contributed by atoms with Gasteiger partial charge in [0.2, 0.25) is 5.91 Å². The van der Waals surface area contributed by atoms with E-state index in [0.717, 1.165) is 25.2 Å². The van der Waals surface area contributed by atoms with E-state index in [9.17, 15) is 4.79 Å². The van der Waals surface area contributed by atoms with Crippen LogP contribution >= 0.6 is 0 Å². The first-order chi connectivity index (χ1) is 8.65. The maximum Gasteiger partial charge on any atom is 0.219 e. The van der Waals surface area contributed by atoms with Crippen molar-refractivity contribution in [3.05, 3.63) is 30.2 Å². The van der Waals surface area contributed by atoms with Crippen molar-refractivity contribution in [3.63, 3.8) is 0 Å². The van der Waals surface area contributed by atoms with E-state index in [2.05, 4.69) is 28.9 Å². The molecule has 0 aromatic carbocycles. The Hall–Kier alpha value is -1.84. The van der Waals surface area contributed by atoms with Crippen LogP contribution in [0, 0.1) is 5.92 Å². The van der Waals surface area contributed by atoms with Crippen molar-refractivity contribution in [2.75, 3.05) is 13.1 Å². The van der Waals surface area contributed by atoms with Crippen LogP contribution in [-0.4, -0.2) is 33.4 Å². The van der Waals surface area contributed by atoms with Crippen LogP contribution in [0.25, 0.3) is 10.9 Å². The molecule has 2 aromatic rings. The number of likely N-dealkylation sites (tertiary alicyclic amines) is 1. The van der Waals surface area contributed by atoms with Gasteiger partial charge in [0.15, 0.2) is 0 Å². The lowest BCUT2D eigenvalue weighted by Crippen LogP contribution is -2.49. The number of amides is 1. The average molecular weight is 243 g/mol. The molecule has 1 aliphatic rings. The fourth-order valence-electron chi connectivity index (χ4n) is 2.70. The van der Waals surface area contributed by atoms with Gasteiger partial charge < -0.3 is 9.47 Å². The molecule has 0 saturated carbocycles. The third-order valence-electron chi connectivity index (χ3n) is 3.75. The van der Waals surface area contributed by atoms with Gasteiger partial charge in [-0.3, -0.25) is 9.78 Å². The summed E-state index contributed by atoms with van der Waals surface area (Å²) in [6.07, 6.45) is 4.90. The molecule has 1 saturated heterocycles. The minimum absolute atomic E-state index is 0.177. The van der Waals surface area contributed by atoms with Gasteiger partial charge in [-0.2, -0.15) is 0 Å². The van der Waals surface area contributed by atoms with Crippen LogP contribution in [0.2, 0.25) is 0 Å². The van der Waals surface area contributed by atoms with Gasteiger partial charge >= 0.3 is 0 Å². The molecular weight excluding hydrogens is 226 g/mol. The van der Waals surface area contributed by atoms with Gasteiger partial charge in [-0.05, 0) is 24.5 Å². The van der Waals surface area contributed by atoms with E-state index in [-0.39, 0.29) is 5.91 Å². The van der Waals surface area contributed by atoms with E-state index in [1.165, 1.54) is 10.9 Å². The second kappa shape index (κ2) is 4.12. The lowest BCUT2D eigenvalue weighted by Gasteiger charge is -2.38. The Labute approximate surface area is 106 Å². The third kappa shape index (κ3) is 1.78. The summed E-state index contributed by atoms with van der Waals surface area (Å²) >= 11 is 0. The Morgan fingerprint density at radius 1 is 1.44 bits per heavy atom. The normalized spacial score (nSPS) is 16.0. The number of carbonyl (C=O) groups is 1. The molecule has 1 aliphatic heterocycles. The fraction of sp³-hybridized carbons (Fsp3) is 0.429. The summed E-state index contributed by atoms with van der Waals surface area (Å²) < 4.78 is 2.12. The topological polar surface area (TPSA) is 38.1 Å². The molecule has 4 heteroatoms. The standard InChI is InChI=1S/C14H17N3O/c1-10(18)17-8-11(9-17)7-13-14-12(3-5-15-13)4-6-16(14)2/h3-6,11H,7-9H2,1-2H3. The lowest BCUT2D eigenvalue weighted by atomic mass is 9.94. The number of aryl methyl sites for hydroxylation is 1. The Morgan fingerprint density at radius 2 is 2.22 bits per heavy atom. The van der Waals surface area contributed by atoms with Gasteiger partial charge in [0, 0.05) is 44.8 Å². The Bertz CT molecular complexity index is 596. The molecule has 3 heterocycles. The van der Waals surface area contributed by atoms with Gasteiger partial charge in [0.25, 0.3) is 0 Å². The zero-order valence-corrected chi connectivity index (χ0v) is 10.8. The zero-order chi connectivity index (χ0) is 12.7. The number of nitrogens with zero attached hydrogens (tertiary/aromatic N) is 3. The Kier molecular flexibility index (Phi) is 2.58. The van der Waals surface area contributed by atoms with Gasteiger partial charge in [-0.25, -0.2) is 0 Å². The highest BCUT2D eigenvalue weighted by molar-refractivity contribution is 5.82. The van der Waals surface area contributed by atoms with Crippen molar-refractivity contribution in [1.82, 2.24) is 14.5 Å². The minimum atomic E-state index is 0.177. The summed E-state index contributed by atoms with van der Waals surface area (Å²) in [7, 11) is 2.05. The molecule has 3 rings (SSSR count). The molecule has 1 amide bonds. The van der Waals surface area contributed by atoms with E-state index in [1.54, 1.807) is 6.92 Å². The molecule has 0 N–H and O–H groups in total. The number of rotatable bonds is 2. The molecule has 4 nitrogen and oxygen atoms in total. The van der Waals surface area contributed by atoms with Crippen LogP contribution in [0.15, 0.2) is 24.5 Å². The van der Waals surface area contributed by atoms with Crippen molar-refractivity contribution < 1.29 is 4.79 Å². The number of hydrogen-bond donors (Lipinski definition) is 0. The lowest BCUT2D eigenvalue weighted by molar-refractivity contribution is -0.134. The van der Waals surface area contributed by atoms with Gasteiger partial charge in [-0.1, -0.05) is 0 Å². The van der Waals surface area contributed by atoms with Crippen LogP contribution in [0.5, 0.6) is 0 Å². The first-order valence-electron chi connectivity index (χ1n) is 6.29. The summed E-state index contributed by atoms with van der Waals surface area (Å²) in [5, 5.41) is 1.24. The maximum atomic E-state index is 11.2. The smallest absolute Gasteiger partial charge is 0.219 e. The average Bonchev–Trinajstić information content (AvgIpc) is 2.65. The first-order valence-corrected chi connectivity index (χ1v) is 6.29. The molecular formula is C14H17N3O. The van der Waals surface area contributed by atoms with Crippen LogP contribution in [0.4, 0.5) is 0 Å². The monoisotopic (exact) mass is 243 g/mol. The van der Waals surface area contributed by atoms with Crippen LogP contribution in [-0.2, 0) is 18.3 Å². The quantitative estimate of drug-likeness (QED) is 0.803. The number of pyridine rings is 1. The van der Waals surface area contributed by atoms with E-state index in [4.69, 9.17) is 0 Å². The molecule has 0 atom stereocenters. The van der Waals surface area contributed by atoms with Crippen molar-refractivity contribution in [2.24, 2.45) is 13.0 Å². The van der Waals surface area contributed by atoms with E-state index < -0.39 is 0 Å². The van der Waals surface area contributed by atoms with Crippen molar-refractivity contribution >= 4 is 16.8 Å². The van der Waals surface area contributed by atoms with Crippen molar-refractivity contribution in [3.8, 4) is 0 Å². The molecule has 0 unspecified atom stereocenters. The number of aromatic nitrogens is 2. The van der Waals surface area contributed by atoms with Crippen molar-refractivity contribution in [1.29, 1.82) is 0 Å². The van der Waals surface area contributed by atoms with Crippen LogP contribution < -0.4 is 0 Å².